The lowest BCUT2D eigenvalue weighted by Gasteiger charge is -2.17. The molecular weight excluding hydrogens is 292 g/mol. The number of hydrogen-bond acceptors (Lipinski definition) is 3. The second-order valence-electron chi connectivity index (χ2n) is 4.90. The van der Waals surface area contributed by atoms with Crippen molar-refractivity contribution in [2.24, 2.45) is 5.92 Å². The van der Waals surface area contributed by atoms with Crippen molar-refractivity contribution < 1.29 is 4.74 Å². The van der Waals surface area contributed by atoms with Gasteiger partial charge in [0.25, 0.3) is 0 Å². The highest BCUT2D eigenvalue weighted by Gasteiger charge is 2.22. The second-order valence-corrected chi connectivity index (χ2v) is 5.76. The molecule has 1 unspecified atom stereocenters. The van der Waals surface area contributed by atoms with Crippen molar-refractivity contribution >= 4 is 15.9 Å². The fraction of sp³-hybridized carbons (Fsp3) is 0.571. The van der Waals surface area contributed by atoms with Crippen LogP contribution in [-0.2, 0) is 6.54 Å². The van der Waals surface area contributed by atoms with Crippen molar-refractivity contribution in [3.05, 3.63) is 28.2 Å². The predicted molar refractivity (Wildman–Crippen MR) is 78.0 cm³/mol. The third-order valence-electron chi connectivity index (χ3n) is 3.51. The number of benzene rings is 1. The predicted octanol–water partition coefficient (Wildman–Crippen LogP) is 2.50. The molecular formula is C14H21BrN2O. The van der Waals surface area contributed by atoms with Crippen molar-refractivity contribution in [1.82, 2.24) is 10.2 Å². The molecule has 1 aliphatic heterocycles. The molecule has 0 radical (unpaired) electrons. The van der Waals surface area contributed by atoms with E-state index in [0.29, 0.717) is 0 Å². The van der Waals surface area contributed by atoms with Crippen molar-refractivity contribution in [1.29, 1.82) is 0 Å². The molecule has 18 heavy (non-hydrogen) atoms. The molecule has 1 aromatic carbocycles. The van der Waals surface area contributed by atoms with Crippen LogP contribution in [0.5, 0.6) is 5.75 Å². The maximum atomic E-state index is 5.28. The van der Waals surface area contributed by atoms with E-state index in [4.69, 9.17) is 4.74 Å². The maximum absolute atomic E-state index is 5.28. The van der Waals surface area contributed by atoms with Crippen LogP contribution in [0.1, 0.15) is 12.0 Å². The van der Waals surface area contributed by atoms with Crippen molar-refractivity contribution in [2.75, 3.05) is 33.8 Å². The summed E-state index contributed by atoms with van der Waals surface area (Å²) in [6.07, 6.45) is 1.29. The molecule has 1 saturated heterocycles. The van der Waals surface area contributed by atoms with Crippen LogP contribution in [0.2, 0.25) is 0 Å². The van der Waals surface area contributed by atoms with Crippen LogP contribution in [0.4, 0.5) is 0 Å². The number of likely N-dealkylation sites (tertiary alicyclic amines) is 1. The highest BCUT2D eigenvalue weighted by molar-refractivity contribution is 9.10. The van der Waals surface area contributed by atoms with Crippen LogP contribution < -0.4 is 10.1 Å². The number of nitrogens with zero attached hydrogens (tertiary/aromatic N) is 1. The third-order valence-corrected chi connectivity index (χ3v) is 4.28. The monoisotopic (exact) mass is 312 g/mol. The Morgan fingerprint density at radius 2 is 2.33 bits per heavy atom. The Hall–Kier alpha value is -0.580. The Labute approximate surface area is 118 Å². The Morgan fingerprint density at radius 3 is 3.06 bits per heavy atom. The van der Waals surface area contributed by atoms with Gasteiger partial charge in [-0.05, 0) is 56.2 Å². The summed E-state index contributed by atoms with van der Waals surface area (Å²) >= 11 is 3.62. The van der Waals surface area contributed by atoms with Gasteiger partial charge in [0.05, 0.1) is 7.11 Å². The lowest BCUT2D eigenvalue weighted by molar-refractivity contribution is 0.314. The first-order valence-electron chi connectivity index (χ1n) is 6.42. The first-order chi connectivity index (χ1) is 8.72. The Kier molecular flexibility index (Phi) is 5.03. The minimum Gasteiger partial charge on any atom is -0.497 e. The van der Waals surface area contributed by atoms with E-state index in [-0.39, 0.29) is 0 Å². The normalized spacial score (nSPS) is 20.3. The molecule has 0 aromatic heterocycles. The smallest absolute Gasteiger partial charge is 0.119 e. The molecule has 1 heterocycles. The molecule has 0 bridgehead atoms. The van der Waals surface area contributed by atoms with Crippen molar-refractivity contribution in [2.45, 2.75) is 13.0 Å². The SMILES string of the molecule is CNCC1CCN(Cc2cc(OC)ccc2Br)C1. The lowest BCUT2D eigenvalue weighted by atomic mass is 10.1. The fourth-order valence-electron chi connectivity index (χ4n) is 2.55. The summed E-state index contributed by atoms with van der Waals surface area (Å²) in [5.74, 6) is 1.72. The van der Waals surface area contributed by atoms with Gasteiger partial charge < -0.3 is 10.1 Å². The van der Waals surface area contributed by atoms with Crippen LogP contribution in [0.25, 0.3) is 0 Å². The molecule has 2 rings (SSSR count). The molecule has 0 spiro atoms. The first-order valence-corrected chi connectivity index (χ1v) is 7.21. The zero-order valence-corrected chi connectivity index (χ0v) is 12.7. The van der Waals surface area contributed by atoms with E-state index in [2.05, 4.69) is 38.3 Å². The van der Waals surface area contributed by atoms with Gasteiger partial charge in [0.1, 0.15) is 5.75 Å². The minimum atomic E-state index is 0.791. The summed E-state index contributed by atoms with van der Waals surface area (Å²) in [6.45, 7) is 4.49. The average molecular weight is 313 g/mol. The summed E-state index contributed by atoms with van der Waals surface area (Å²) in [5, 5.41) is 3.27. The third kappa shape index (κ3) is 3.46. The fourth-order valence-corrected chi connectivity index (χ4v) is 2.92. The van der Waals surface area contributed by atoms with Crippen molar-refractivity contribution in [3.63, 3.8) is 0 Å². The van der Waals surface area contributed by atoms with E-state index in [9.17, 15) is 0 Å². The van der Waals surface area contributed by atoms with Gasteiger partial charge in [-0.3, -0.25) is 4.90 Å². The molecule has 0 amide bonds. The number of ether oxygens (including phenoxy) is 1. The van der Waals surface area contributed by atoms with E-state index >= 15 is 0 Å². The molecule has 1 fully saturated rings. The van der Waals surface area contributed by atoms with E-state index < -0.39 is 0 Å². The maximum Gasteiger partial charge on any atom is 0.119 e. The standard InChI is InChI=1S/C14H21BrN2O/c1-16-8-11-5-6-17(9-11)10-12-7-13(18-2)3-4-14(12)15/h3-4,7,11,16H,5-6,8-10H2,1-2H3. The van der Waals surface area contributed by atoms with E-state index in [1.54, 1.807) is 7.11 Å². The molecule has 0 aliphatic carbocycles. The summed E-state index contributed by atoms with van der Waals surface area (Å²) in [5.41, 5.74) is 1.31. The average Bonchev–Trinajstić information content (AvgIpc) is 2.80. The van der Waals surface area contributed by atoms with E-state index in [1.807, 2.05) is 13.1 Å². The molecule has 100 valence electrons. The summed E-state index contributed by atoms with van der Waals surface area (Å²) in [7, 11) is 3.74. The quantitative estimate of drug-likeness (QED) is 0.904. The zero-order chi connectivity index (χ0) is 13.0. The number of halogens is 1. The van der Waals surface area contributed by atoms with E-state index in [0.717, 1.165) is 24.8 Å². The number of rotatable bonds is 5. The second kappa shape index (κ2) is 6.55. The zero-order valence-electron chi connectivity index (χ0n) is 11.1. The van der Waals surface area contributed by atoms with Gasteiger partial charge >= 0.3 is 0 Å². The summed E-state index contributed by atoms with van der Waals surface area (Å²) in [4.78, 5) is 2.52. The van der Waals surface area contributed by atoms with Crippen LogP contribution in [0.3, 0.4) is 0 Å². The summed E-state index contributed by atoms with van der Waals surface area (Å²) in [6, 6.07) is 6.17. The molecule has 3 nitrogen and oxygen atoms in total. The Bertz CT molecular complexity index is 397. The van der Waals surface area contributed by atoms with Gasteiger partial charge in [-0.15, -0.1) is 0 Å². The molecule has 1 atom stereocenters. The van der Waals surface area contributed by atoms with Crippen LogP contribution in [-0.4, -0.2) is 38.7 Å². The molecule has 1 aromatic rings. The number of methoxy groups -OCH3 is 1. The molecule has 1 aliphatic rings. The Balaban J connectivity index is 1.97. The number of nitrogens with one attached hydrogen (secondary N) is 1. The van der Waals surface area contributed by atoms with Gasteiger partial charge in [0, 0.05) is 17.6 Å². The van der Waals surface area contributed by atoms with Crippen LogP contribution >= 0.6 is 15.9 Å². The van der Waals surface area contributed by atoms with Crippen LogP contribution in [0, 0.1) is 5.92 Å². The van der Waals surface area contributed by atoms with Gasteiger partial charge in [0.15, 0.2) is 0 Å². The summed E-state index contributed by atoms with van der Waals surface area (Å²) < 4.78 is 6.45. The highest BCUT2D eigenvalue weighted by atomic mass is 79.9. The van der Waals surface area contributed by atoms with Gasteiger partial charge in [-0.2, -0.15) is 0 Å². The van der Waals surface area contributed by atoms with Crippen LogP contribution in [0.15, 0.2) is 22.7 Å². The topological polar surface area (TPSA) is 24.5 Å². The molecule has 0 saturated carbocycles. The highest BCUT2D eigenvalue weighted by Crippen LogP contribution is 2.26. The lowest BCUT2D eigenvalue weighted by Crippen LogP contribution is -2.24. The van der Waals surface area contributed by atoms with Gasteiger partial charge in [-0.25, -0.2) is 0 Å². The minimum absolute atomic E-state index is 0.791. The Morgan fingerprint density at radius 1 is 1.50 bits per heavy atom. The van der Waals surface area contributed by atoms with E-state index in [1.165, 1.54) is 29.5 Å². The van der Waals surface area contributed by atoms with Crippen molar-refractivity contribution in [3.8, 4) is 5.75 Å². The van der Waals surface area contributed by atoms with Gasteiger partial charge in [-0.1, -0.05) is 15.9 Å². The first kappa shape index (κ1) is 13.8. The van der Waals surface area contributed by atoms with Gasteiger partial charge in [0.2, 0.25) is 0 Å². The largest absolute Gasteiger partial charge is 0.497 e. The number of hydrogen-bond donors (Lipinski definition) is 1. The molecule has 1 N–H and O–H groups in total. The molecule has 4 heteroatoms.